The van der Waals surface area contributed by atoms with Crippen molar-refractivity contribution in [2.75, 3.05) is 31.1 Å². The Bertz CT molecular complexity index is 664. The smallest absolute Gasteiger partial charge is 0.330 e. The molecular weight excluding hydrogens is 278 g/mol. The van der Waals surface area contributed by atoms with Crippen molar-refractivity contribution in [2.24, 2.45) is 5.41 Å². The monoisotopic (exact) mass is 301 g/mol. The second kappa shape index (κ2) is 5.65. The van der Waals surface area contributed by atoms with Gasteiger partial charge in [-0.1, -0.05) is 6.07 Å². The summed E-state index contributed by atoms with van der Waals surface area (Å²) in [4.78, 5) is 22.9. The highest BCUT2D eigenvalue weighted by molar-refractivity contribution is 5.83. The Kier molecular flexibility index (Phi) is 3.83. The van der Waals surface area contributed by atoms with Crippen LogP contribution in [0.3, 0.4) is 0 Å². The van der Waals surface area contributed by atoms with E-state index in [4.69, 9.17) is 4.84 Å². The van der Waals surface area contributed by atoms with E-state index in [1.165, 1.54) is 11.1 Å². The van der Waals surface area contributed by atoms with Gasteiger partial charge in [0.2, 0.25) is 0 Å². The minimum atomic E-state index is -0.463. The van der Waals surface area contributed by atoms with Gasteiger partial charge in [0, 0.05) is 30.5 Å². The summed E-state index contributed by atoms with van der Waals surface area (Å²) in [6.45, 7) is 8.77. The quantitative estimate of drug-likeness (QED) is 0.926. The summed E-state index contributed by atoms with van der Waals surface area (Å²) in [6.07, 6.45) is 1.96. The van der Waals surface area contributed by atoms with Gasteiger partial charge in [0.25, 0.3) is 0 Å². The van der Waals surface area contributed by atoms with Crippen molar-refractivity contribution < 1.29 is 9.63 Å². The molecule has 0 radical (unpaired) electrons. The number of hydrogen-bond donors (Lipinski definition) is 1. The number of hydroxylamine groups is 2. The number of nitrogens with one attached hydrogen (secondary N) is 1. The fraction of sp³-hybridized carbons (Fsp3) is 0.471. The molecule has 1 aromatic carbocycles. The summed E-state index contributed by atoms with van der Waals surface area (Å²) in [6, 6.07) is 8.52. The van der Waals surface area contributed by atoms with Crippen molar-refractivity contribution in [1.29, 1.82) is 0 Å². The third-order valence-electron chi connectivity index (χ3n) is 3.97. The first-order valence-electron chi connectivity index (χ1n) is 7.73. The van der Waals surface area contributed by atoms with Crippen LogP contribution in [-0.2, 0) is 9.63 Å². The molecule has 0 atom stereocenters. The molecule has 0 bridgehead atoms. The SMILES string of the molecule is CC(C)(C)C(=O)ON1CCN(c2ccc3cc[nH]c3c2)CC1. The molecule has 118 valence electrons. The van der Waals surface area contributed by atoms with Crippen LogP contribution in [0, 0.1) is 5.41 Å². The minimum absolute atomic E-state index is 0.172. The molecule has 5 nitrogen and oxygen atoms in total. The first-order valence-corrected chi connectivity index (χ1v) is 7.73. The lowest BCUT2D eigenvalue weighted by Crippen LogP contribution is -2.48. The van der Waals surface area contributed by atoms with E-state index in [9.17, 15) is 4.79 Å². The number of piperazine rings is 1. The highest BCUT2D eigenvalue weighted by Crippen LogP contribution is 2.23. The number of carbonyl (C=O) groups excluding carboxylic acids is 1. The average Bonchev–Trinajstić information content (AvgIpc) is 2.94. The molecule has 2 aromatic rings. The molecule has 1 aromatic heterocycles. The number of H-pyrrole nitrogens is 1. The lowest BCUT2D eigenvalue weighted by Gasteiger charge is -2.35. The third kappa shape index (κ3) is 3.09. The largest absolute Gasteiger partial charge is 0.369 e. The second-order valence-electron chi connectivity index (χ2n) is 6.79. The Hall–Kier alpha value is -2.01. The van der Waals surface area contributed by atoms with Gasteiger partial charge in [-0.15, -0.1) is 5.06 Å². The van der Waals surface area contributed by atoms with Crippen LogP contribution in [0.25, 0.3) is 10.9 Å². The van der Waals surface area contributed by atoms with E-state index in [0.717, 1.165) is 31.7 Å². The van der Waals surface area contributed by atoms with Crippen molar-refractivity contribution in [2.45, 2.75) is 20.8 Å². The fourth-order valence-electron chi connectivity index (χ4n) is 2.52. The standard InChI is InChI=1S/C17H23N3O2/c1-17(2,3)16(21)22-20-10-8-19(9-11-20)14-5-4-13-6-7-18-15(13)12-14/h4-7,12,18H,8-11H2,1-3H3. The second-order valence-corrected chi connectivity index (χ2v) is 6.79. The van der Waals surface area contributed by atoms with E-state index in [2.05, 4.69) is 34.1 Å². The van der Waals surface area contributed by atoms with Crippen LogP contribution >= 0.6 is 0 Å². The molecule has 3 rings (SSSR count). The predicted octanol–water partition coefficient (Wildman–Crippen LogP) is 2.79. The number of anilines is 1. The molecule has 1 fully saturated rings. The lowest BCUT2D eigenvalue weighted by molar-refractivity contribution is -0.201. The van der Waals surface area contributed by atoms with Crippen LogP contribution in [0.2, 0.25) is 0 Å². The summed E-state index contributed by atoms with van der Waals surface area (Å²) in [5, 5.41) is 3.00. The predicted molar refractivity (Wildman–Crippen MR) is 87.6 cm³/mol. The van der Waals surface area contributed by atoms with Crippen molar-refractivity contribution in [3.8, 4) is 0 Å². The van der Waals surface area contributed by atoms with Crippen LogP contribution in [-0.4, -0.2) is 42.2 Å². The van der Waals surface area contributed by atoms with Crippen LogP contribution in [0.1, 0.15) is 20.8 Å². The normalized spacial score (nSPS) is 17.0. The van der Waals surface area contributed by atoms with Gasteiger partial charge in [-0.2, -0.15) is 0 Å². The van der Waals surface area contributed by atoms with Crippen LogP contribution < -0.4 is 4.90 Å². The van der Waals surface area contributed by atoms with Crippen LogP contribution in [0.4, 0.5) is 5.69 Å². The Morgan fingerprint density at radius 2 is 1.86 bits per heavy atom. The number of hydrogen-bond acceptors (Lipinski definition) is 4. The zero-order valence-corrected chi connectivity index (χ0v) is 13.4. The molecular formula is C17H23N3O2. The first kappa shape index (κ1) is 14.9. The highest BCUT2D eigenvalue weighted by Gasteiger charge is 2.27. The molecule has 1 saturated heterocycles. The lowest BCUT2D eigenvalue weighted by atomic mass is 9.98. The van der Waals surface area contributed by atoms with E-state index < -0.39 is 5.41 Å². The molecule has 0 aliphatic carbocycles. The van der Waals surface area contributed by atoms with Crippen LogP contribution in [0.5, 0.6) is 0 Å². The number of rotatable bonds is 2. The summed E-state index contributed by atoms with van der Waals surface area (Å²) in [5.74, 6) is -0.172. The van der Waals surface area contributed by atoms with Crippen molar-refractivity contribution >= 4 is 22.6 Å². The molecule has 2 heterocycles. The molecule has 22 heavy (non-hydrogen) atoms. The van der Waals surface area contributed by atoms with Gasteiger partial charge in [-0.05, 0) is 44.4 Å². The number of aromatic nitrogens is 1. The molecule has 1 N–H and O–H groups in total. The topological polar surface area (TPSA) is 48.6 Å². The van der Waals surface area contributed by atoms with Gasteiger partial charge in [-0.25, -0.2) is 4.79 Å². The molecule has 1 aliphatic rings. The minimum Gasteiger partial charge on any atom is -0.369 e. The van der Waals surface area contributed by atoms with Gasteiger partial charge in [0.1, 0.15) is 0 Å². The van der Waals surface area contributed by atoms with E-state index in [0.29, 0.717) is 0 Å². The van der Waals surface area contributed by atoms with Crippen LogP contribution in [0.15, 0.2) is 30.5 Å². The van der Waals surface area contributed by atoms with Crippen molar-refractivity contribution in [3.05, 3.63) is 30.5 Å². The number of fused-ring (bicyclic) bond motifs is 1. The zero-order valence-electron chi connectivity index (χ0n) is 13.4. The van der Waals surface area contributed by atoms with Gasteiger partial charge in [-0.3, -0.25) is 0 Å². The van der Waals surface area contributed by atoms with Gasteiger partial charge in [0.15, 0.2) is 0 Å². The fourth-order valence-corrected chi connectivity index (χ4v) is 2.52. The Balaban J connectivity index is 1.60. The van der Waals surface area contributed by atoms with Gasteiger partial charge in [0.05, 0.1) is 18.5 Å². The van der Waals surface area contributed by atoms with E-state index in [1.807, 2.05) is 27.0 Å². The van der Waals surface area contributed by atoms with Gasteiger partial charge < -0.3 is 14.7 Å². The highest BCUT2D eigenvalue weighted by atomic mass is 16.7. The maximum absolute atomic E-state index is 11.9. The summed E-state index contributed by atoms with van der Waals surface area (Å²) in [7, 11) is 0. The average molecular weight is 301 g/mol. The molecule has 0 saturated carbocycles. The Morgan fingerprint density at radius 3 is 2.55 bits per heavy atom. The molecule has 1 aliphatic heterocycles. The third-order valence-corrected chi connectivity index (χ3v) is 3.97. The van der Waals surface area contributed by atoms with Crippen molar-refractivity contribution in [3.63, 3.8) is 0 Å². The number of aromatic amines is 1. The number of carbonyl (C=O) groups is 1. The Morgan fingerprint density at radius 1 is 1.14 bits per heavy atom. The molecule has 0 spiro atoms. The maximum Gasteiger partial charge on any atom is 0.330 e. The maximum atomic E-state index is 11.9. The summed E-state index contributed by atoms with van der Waals surface area (Å²) >= 11 is 0. The molecule has 0 amide bonds. The number of nitrogens with zero attached hydrogens (tertiary/aromatic N) is 2. The molecule has 5 heteroatoms. The Labute approximate surface area is 130 Å². The summed E-state index contributed by atoms with van der Waals surface area (Å²) < 4.78 is 0. The van der Waals surface area contributed by atoms with E-state index in [-0.39, 0.29) is 5.97 Å². The van der Waals surface area contributed by atoms with E-state index >= 15 is 0 Å². The zero-order chi connectivity index (χ0) is 15.7. The summed E-state index contributed by atoms with van der Waals surface area (Å²) in [5.41, 5.74) is 1.89. The molecule has 0 unspecified atom stereocenters. The van der Waals surface area contributed by atoms with Crippen molar-refractivity contribution in [1.82, 2.24) is 10.0 Å². The number of benzene rings is 1. The van der Waals surface area contributed by atoms with E-state index in [1.54, 1.807) is 5.06 Å². The first-order chi connectivity index (χ1) is 10.4. The van der Waals surface area contributed by atoms with Gasteiger partial charge >= 0.3 is 5.97 Å².